The first-order valence-corrected chi connectivity index (χ1v) is 7.92. The van der Waals surface area contributed by atoms with Crippen molar-refractivity contribution in [3.63, 3.8) is 0 Å². The van der Waals surface area contributed by atoms with Crippen LogP contribution in [0.4, 0.5) is 5.95 Å². The first kappa shape index (κ1) is 14.5. The van der Waals surface area contributed by atoms with Crippen molar-refractivity contribution in [3.8, 4) is 0 Å². The van der Waals surface area contributed by atoms with Gasteiger partial charge < -0.3 is 0 Å². The van der Waals surface area contributed by atoms with Crippen LogP contribution in [0.1, 0.15) is 37.6 Å². The van der Waals surface area contributed by atoms with E-state index in [1.165, 1.54) is 0 Å². The number of hydrogen-bond acceptors (Lipinski definition) is 4. The van der Waals surface area contributed by atoms with Gasteiger partial charge >= 0.3 is 0 Å². The largest absolute Gasteiger partial charge is 0.264 e. The van der Waals surface area contributed by atoms with Crippen LogP contribution in [0.5, 0.6) is 0 Å². The molecule has 20 heavy (non-hydrogen) atoms. The molecule has 0 fully saturated rings. The van der Waals surface area contributed by atoms with Crippen LogP contribution in [-0.4, -0.2) is 23.6 Å². The number of nitrogens with zero attached hydrogens (tertiary/aromatic N) is 2. The number of sulfonamides is 1. The molecule has 2 N–H and O–H groups in total. The van der Waals surface area contributed by atoms with Crippen LogP contribution in [0.25, 0.3) is 0 Å². The number of aromatic nitrogens is 3. The first-order valence-electron chi connectivity index (χ1n) is 6.44. The molecule has 0 saturated carbocycles. The predicted octanol–water partition coefficient (Wildman–Crippen LogP) is 2.43. The molecule has 7 heteroatoms. The Morgan fingerprint density at radius 1 is 1.30 bits per heavy atom. The average Bonchev–Trinajstić information content (AvgIpc) is 2.82. The first-order chi connectivity index (χ1) is 9.42. The summed E-state index contributed by atoms with van der Waals surface area (Å²) < 4.78 is 26.6. The molecular formula is C13H18N4O2S. The van der Waals surface area contributed by atoms with Crippen LogP contribution in [0, 0.1) is 6.92 Å². The molecule has 2 aromatic rings. The molecule has 1 atom stereocenters. The molecule has 0 saturated heterocycles. The van der Waals surface area contributed by atoms with Gasteiger partial charge in [0.05, 0.1) is 4.90 Å². The lowest BCUT2D eigenvalue weighted by Crippen LogP contribution is -2.14. The zero-order valence-electron chi connectivity index (χ0n) is 11.7. The van der Waals surface area contributed by atoms with Crippen molar-refractivity contribution >= 4 is 16.0 Å². The second-order valence-corrected chi connectivity index (χ2v) is 6.41. The highest BCUT2D eigenvalue weighted by molar-refractivity contribution is 7.92. The van der Waals surface area contributed by atoms with Crippen molar-refractivity contribution in [2.45, 2.75) is 38.0 Å². The van der Waals surface area contributed by atoms with Gasteiger partial charge in [0, 0.05) is 0 Å². The maximum absolute atomic E-state index is 12.2. The summed E-state index contributed by atoms with van der Waals surface area (Å²) in [7, 11) is -3.64. The Morgan fingerprint density at radius 2 is 1.95 bits per heavy atom. The van der Waals surface area contributed by atoms with E-state index in [4.69, 9.17) is 0 Å². The number of aromatic amines is 1. The van der Waals surface area contributed by atoms with Gasteiger partial charge in [-0.25, -0.2) is 13.1 Å². The topological polar surface area (TPSA) is 87.7 Å². The monoisotopic (exact) mass is 294 g/mol. The van der Waals surface area contributed by atoms with Crippen molar-refractivity contribution in [2.24, 2.45) is 0 Å². The average molecular weight is 294 g/mol. The Kier molecular flexibility index (Phi) is 4.08. The molecule has 108 valence electrons. The van der Waals surface area contributed by atoms with Crippen molar-refractivity contribution < 1.29 is 8.42 Å². The van der Waals surface area contributed by atoms with Gasteiger partial charge in [-0.1, -0.05) is 26.0 Å². The third-order valence-electron chi connectivity index (χ3n) is 3.19. The minimum atomic E-state index is -3.64. The molecule has 0 bridgehead atoms. The Balaban J connectivity index is 2.21. The summed E-state index contributed by atoms with van der Waals surface area (Å²) in [5.41, 5.74) is 1.13. The summed E-state index contributed by atoms with van der Waals surface area (Å²) in [4.78, 5) is 4.12. The number of rotatable bonds is 5. The molecular weight excluding hydrogens is 276 g/mol. The van der Waals surface area contributed by atoms with Crippen molar-refractivity contribution in [1.82, 2.24) is 15.2 Å². The molecule has 0 radical (unpaired) electrons. The Morgan fingerprint density at radius 3 is 2.45 bits per heavy atom. The maximum atomic E-state index is 12.2. The highest BCUT2D eigenvalue weighted by atomic mass is 32.2. The minimum Gasteiger partial charge on any atom is -0.261 e. The normalized spacial score (nSPS) is 13.2. The fourth-order valence-corrected chi connectivity index (χ4v) is 2.72. The lowest BCUT2D eigenvalue weighted by molar-refractivity contribution is 0.600. The standard InChI is InChI=1S/C13H18N4O2S/c1-4-9(2)11-5-7-12(8-6-11)20(18,19)17-13-14-10(3)15-16-13/h5-9H,4H2,1-3H3,(H2,14,15,16,17). The van der Waals surface area contributed by atoms with E-state index >= 15 is 0 Å². The van der Waals surface area contributed by atoms with Gasteiger partial charge in [-0.2, -0.15) is 4.98 Å². The second kappa shape index (κ2) is 5.62. The smallest absolute Gasteiger partial charge is 0.261 e. The number of benzene rings is 1. The summed E-state index contributed by atoms with van der Waals surface area (Å²) in [5, 5.41) is 6.35. The van der Waals surface area contributed by atoms with E-state index in [1.54, 1.807) is 19.1 Å². The van der Waals surface area contributed by atoms with Gasteiger partial charge in [0.25, 0.3) is 16.0 Å². The van der Waals surface area contributed by atoms with Gasteiger partial charge in [-0.15, -0.1) is 5.10 Å². The zero-order chi connectivity index (χ0) is 14.8. The lowest BCUT2D eigenvalue weighted by atomic mass is 9.99. The molecule has 2 rings (SSSR count). The molecule has 1 aromatic heterocycles. The quantitative estimate of drug-likeness (QED) is 0.886. The number of H-pyrrole nitrogens is 1. The van der Waals surface area contributed by atoms with Crippen LogP contribution in [-0.2, 0) is 10.0 Å². The van der Waals surface area contributed by atoms with Crippen LogP contribution in [0.2, 0.25) is 0 Å². The molecule has 6 nitrogen and oxygen atoms in total. The molecule has 0 aliphatic heterocycles. The zero-order valence-corrected chi connectivity index (χ0v) is 12.5. The van der Waals surface area contributed by atoms with Crippen molar-refractivity contribution in [2.75, 3.05) is 4.72 Å². The van der Waals surface area contributed by atoms with E-state index in [2.05, 4.69) is 33.8 Å². The highest BCUT2D eigenvalue weighted by Gasteiger charge is 2.16. The van der Waals surface area contributed by atoms with E-state index in [-0.39, 0.29) is 10.8 Å². The Bertz CT molecular complexity index is 677. The summed E-state index contributed by atoms with van der Waals surface area (Å²) in [6.45, 7) is 5.91. The van der Waals surface area contributed by atoms with Crippen molar-refractivity contribution in [3.05, 3.63) is 35.7 Å². The molecule has 0 spiro atoms. The Hall–Kier alpha value is -1.89. The van der Waals surface area contributed by atoms with Gasteiger partial charge in [0.1, 0.15) is 5.82 Å². The SMILES string of the molecule is CCC(C)c1ccc(S(=O)(=O)Nc2n[nH]c(C)n2)cc1. The maximum Gasteiger partial charge on any atom is 0.264 e. The van der Waals surface area contributed by atoms with E-state index in [0.717, 1.165) is 12.0 Å². The summed E-state index contributed by atoms with van der Waals surface area (Å²) in [6.07, 6.45) is 1.01. The predicted molar refractivity (Wildman–Crippen MR) is 77.1 cm³/mol. The fourth-order valence-electron chi connectivity index (χ4n) is 1.78. The van der Waals surface area contributed by atoms with Gasteiger partial charge in [-0.3, -0.25) is 5.10 Å². The summed E-state index contributed by atoms with van der Waals surface area (Å²) >= 11 is 0. The second-order valence-electron chi connectivity index (χ2n) is 4.73. The minimum absolute atomic E-state index is 0.0495. The molecule has 0 amide bonds. The molecule has 1 unspecified atom stereocenters. The highest BCUT2D eigenvalue weighted by Crippen LogP contribution is 2.21. The van der Waals surface area contributed by atoms with E-state index in [1.807, 2.05) is 12.1 Å². The number of nitrogens with one attached hydrogen (secondary N) is 2. The van der Waals surface area contributed by atoms with Gasteiger partial charge in [0.15, 0.2) is 0 Å². The lowest BCUT2D eigenvalue weighted by Gasteiger charge is -2.10. The molecule has 0 aliphatic carbocycles. The Labute approximate surface area is 118 Å². The number of anilines is 1. The van der Waals surface area contributed by atoms with Crippen LogP contribution >= 0.6 is 0 Å². The molecule has 1 aromatic carbocycles. The van der Waals surface area contributed by atoms with Crippen LogP contribution in [0.3, 0.4) is 0 Å². The third kappa shape index (κ3) is 3.16. The van der Waals surface area contributed by atoms with Crippen molar-refractivity contribution in [1.29, 1.82) is 0 Å². The summed E-state index contributed by atoms with van der Waals surface area (Å²) in [5.74, 6) is 1.01. The van der Waals surface area contributed by atoms with E-state index in [0.29, 0.717) is 11.7 Å². The van der Waals surface area contributed by atoms with Crippen LogP contribution < -0.4 is 4.72 Å². The van der Waals surface area contributed by atoms with E-state index < -0.39 is 10.0 Å². The van der Waals surface area contributed by atoms with Gasteiger partial charge in [-0.05, 0) is 37.0 Å². The molecule has 1 heterocycles. The number of aryl methyl sites for hydroxylation is 1. The summed E-state index contributed by atoms with van der Waals surface area (Å²) in [6, 6.07) is 6.88. The molecule has 0 aliphatic rings. The van der Waals surface area contributed by atoms with Crippen LogP contribution in [0.15, 0.2) is 29.2 Å². The fraction of sp³-hybridized carbons (Fsp3) is 0.385. The third-order valence-corrected chi connectivity index (χ3v) is 4.54. The van der Waals surface area contributed by atoms with Gasteiger partial charge in [0.2, 0.25) is 0 Å². The van der Waals surface area contributed by atoms with E-state index in [9.17, 15) is 8.42 Å². The number of hydrogen-bond donors (Lipinski definition) is 2.